The molecule has 0 aliphatic heterocycles. The molecule has 0 unspecified atom stereocenters. The standard InChI is InChI=1S/C19H18FN5O/c1-25-17(12-6-2-3-7-13(12)20)24-15-16(21)22-14(23-18(15)25)8-11-19(26)9-4-5-10-19/h2-3,6-7,26H,4-5,9-10H2,1H3,(H2,21,22,23). The number of aryl methyl sites for hydroxylation is 1. The van der Waals surface area contributed by atoms with Crippen LogP contribution in [-0.4, -0.2) is 30.2 Å². The summed E-state index contributed by atoms with van der Waals surface area (Å²) in [5, 5.41) is 10.4. The summed E-state index contributed by atoms with van der Waals surface area (Å²) >= 11 is 0. The molecule has 0 saturated heterocycles. The van der Waals surface area contributed by atoms with Gasteiger partial charge in [0.05, 0.1) is 5.56 Å². The first-order chi connectivity index (χ1) is 12.5. The summed E-state index contributed by atoms with van der Waals surface area (Å²) in [4.78, 5) is 13.0. The number of hydrogen-bond donors (Lipinski definition) is 2. The van der Waals surface area contributed by atoms with Crippen molar-refractivity contribution in [3.63, 3.8) is 0 Å². The third kappa shape index (κ3) is 2.78. The van der Waals surface area contributed by atoms with Crippen LogP contribution in [-0.2, 0) is 7.05 Å². The molecule has 1 aliphatic rings. The van der Waals surface area contributed by atoms with Crippen molar-refractivity contribution in [3.05, 3.63) is 35.9 Å². The van der Waals surface area contributed by atoms with E-state index in [0.29, 0.717) is 35.4 Å². The molecule has 1 saturated carbocycles. The molecule has 0 radical (unpaired) electrons. The lowest BCUT2D eigenvalue weighted by Gasteiger charge is -2.12. The SMILES string of the molecule is Cn1c(-c2ccccc2F)nc2c(N)nc(C#CC3(O)CCCC3)nc21. The van der Waals surface area contributed by atoms with Crippen molar-refractivity contribution in [2.45, 2.75) is 31.3 Å². The molecule has 0 amide bonds. The van der Waals surface area contributed by atoms with Crippen molar-refractivity contribution in [3.8, 4) is 23.2 Å². The van der Waals surface area contributed by atoms with Crippen LogP contribution in [0.25, 0.3) is 22.6 Å². The number of benzene rings is 1. The van der Waals surface area contributed by atoms with Crippen LogP contribution < -0.4 is 5.73 Å². The highest BCUT2D eigenvalue weighted by molar-refractivity contribution is 5.85. The third-order valence-corrected chi connectivity index (χ3v) is 4.70. The van der Waals surface area contributed by atoms with Crippen LogP contribution in [0.5, 0.6) is 0 Å². The predicted octanol–water partition coefficient (Wildman–Crippen LogP) is 2.41. The summed E-state index contributed by atoms with van der Waals surface area (Å²) in [6.45, 7) is 0. The molecule has 2 heterocycles. The highest BCUT2D eigenvalue weighted by Gasteiger charge is 2.28. The molecule has 4 rings (SSSR count). The van der Waals surface area contributed by atoms with Crippen molar-refractivity contribution in [1.82, 2.24) is 19.5 Å². The lowest BCUT2D eigenvalue weighted by atomic mass is 10.0. The fraction of sp³-hybridized carbons (Fsp3) is 0.316. The maximum atomic E-state index is 14.1. The van der Waals surface area contributed by atoms with Gasteiger partial charge in [-0.2, -0.15) is 0 Å². The topological polar surface area (TPSA) is 89.9 Å². The van der Waals surface area contributed by atoms with E-state index in [-0.39, 0.29) is 17.5 Å². The lowest BCUT2D eigenvalue weighted by Crippen LogP contribution is -2.20. The fourth-order valence-corrected chi connectivity index (χ4v) is 3.28. The van der Waals surface area contributed by atoms with E-state index in [1.807, 2.05) is 0 Å². The number of nitrogen functional groups attached to an aromatic ring is 1. The van der Waals surface area contributed by atoms with Gasteiger partial charge in [-0.05, 0) is 43.7 Å². The predicted molar refractivity (Wildman–Crippen MR) is 96.4 cm³/mol. The van der Waals surface area contributed by atoms with Gasteiger partial charge in [-0.3, -0.25) is 0 Å². The lowest BCUT2D eigenvalue weighted by molar-refractivity contribution is 0.110. The first-order valence-electron chi connectivity index (χ1n) is 8.47. The van der Waals surface area contributed by atoms with Crippen LogP contribution in [0.4, 0.5) is 10.2 Å². The summed E-state index contributed by atoms with van der Waals surface area (Å²) in [7, 11) is 1.74. The Hall–Kier alpha value is -2.98. The zero-order chi connectivity index (χ0) is 18.3. The van der Waals surface area contributed by atoms with Crippen LogP contribution in [0.15, 0.2) is 24.3 Å². The molecule has 1 aliphatic carbocycles. The average molecular weight is 351 g/mol. The Balaban J connectivity index is 1.82. The number of nitrogens with zero attached hydrogens (tertiary/aromatic N) is 4. The van der Waals surface area contributed by atoms with Crippen molar-refractivity contribution in [2.24, 2.45) is 7.05 Å². The Morgan fingerprint density at radius 3 is 2.65 bits per heavy atom. The van der Waals surface area contributed by atoms with Crippen molar-refractivity contribution in [2.75, 3.05) is 5.73 Å². The van der Waals surface area contributed by atoms with Gasteiger partial charge in [0.2, 0.25) is 5.82 Å². The second-order valence-electron chi connectivity index (χ2n) is 6.57. The van der Waals surface area contributed by atoms with Crippen LogP contribution in [0.1, 0.15) is 31.5 Å². The zero-order valence-electron chi connectivity index (χ0n) is 14.3. The van der Waals surface area contributed by atoms with Gasteiger partial charge in [-0.25, -0.2) is 19.3 Å². The Kier molecular flexibility index (Phi) is 3.85. The van der Waals surface area contributed by atoms with E-state index < -0.39 is 5.60 Å². The molecule has 6 nitrogen and oxygen atoms in total. The van der Waals surface area contributed by atoms with Gasteiger partial charge in [0.1, 0.15) is 17.2 Å². The molecule has 1 aromatic carbocycles. The van der Waals surface area contributed by atoms with Gasteiger partial charge >= 0.3 is 0 Å². The smallest absolute Gasteiger partial charge is 0.209 e. The fourth-order valence-electron chi connectivity index (χ4n) is 3.28. The molecule has 3 N–H and O–H groups in total. The highest BCUT2D eigenvalue weighted by atomic mass is 19.1. The van der Waals surface area contributed by atoms with Gasteiger partial charge in [0, 0.05) is 7.05 Å². The Morgan fingerprint density at radius 1 is 1.19 bits per heavy atom. The van der Waals surface area contributed by atoms with Crippen molar-refractivity contribution in [1.29, 1.82) is 0 Å². The minimum atomic E-state index is -0.974. The number of fused-ring (bicyclic) bond motifs is 1. The molecular weight excluding hydrogens is 333 g/mol. The molecule has 0 atom stereocenters. The molecular formula is C19H18FN5O. The maximum Gasteiger partial charge on any atom is 0.209 e. The van der Waals surface area contributed by atoms with Crippen molar-refractivity contribution >= 4 is 17.0 Å². The number of anilines is 1. The summed E-state index contributed by atoms with van der Waals surface area (Å²) < 4.78 is 15.8. The van der Waals surface area contributed by atoms with Crippen LogP contribution in [0.2, 0.25) is 0 Å². The van der Waals surface area contributed by atoms with Gasteiger partial charge in [-0.1, -0.05) is 18.1 Å². The van der Waals surface area contributed by atoms with Crippen LogP contribution >= 0.6 is 0 Å². The Morgan fingerprint density at radius 2 is 1.92 bits per heavy atom. The van der Waals surface area contributed by atoms with Gasteiger partial charge in [-0.15, -0.1) is 0 Å². The number of nitrogens with two attached hydrogens (primary N) is 1. The van der Waals surface area contributed by atoms with Gasteiger partial charge in [0.15, 0.2) is 17.0 Å². The van der Waals surface area contributed by atoms with E-state index in [1.165, 1.54) is 6.07 Å². The van der Waals surface area contributed by atoms with E-state index in [9.17, 15) is 9.50 Å². The second kappa shape index (κ2) is 6.07. The quantitative estimate of drug-likeness (QED) is 0.657. The number of rotatable bonds is 1. The van der Waals surface area contributed by atoms with Crippen molar-refractivity contribution < 1.29 is 9.50 Å². The second-order valence-corrected chi connectivity index (χ2v) is 6.57. The number of hydrogen-bond acceptors (Lipinski definition) is 5. The minimum absolute atomic E-state index is 0.177. The summed E-state index contributed by atoms with van der Waals surface area (Å²) in [6.07, 6.45) is 3.23. The van der Waals surface area contributed by atoms with E-state index in [1.54, 1.807) is 29.8 Å². The molecule has 1 fully saturated rings. The first kappa shape index (κ1) is 16.5. The molecule has 3 aromatic rings. The van der Waals surface area contributed by atoms with Crippen LogP contribution in [0.3, 0.4) is 0 Å². The first-order valence-corrected chi connectivity index (χ1v) is 8.47. The summed E-state index contributed by atoms with van der Waals surface area (Å²) in [5.41, 5.74) is 6.28. The molecule has 26 heavy (non-hydrogen) atoms. The number of imidazole rings is 1. The minimum Gasteiger partial charge on any atom is -0.382 e. The molecule has 2 aromatic heterocycles. The maximum absolute atomic E-state index is 14.1. The highest BCUT2D eigenvalue weighted by Crippen LogP contribution is 2.29. The molecule has 0 bridgehead atoms. The molecule has 0 spiro atoms. The zero-order valence-corrected chi connectivity index (χ0v) is 14.3. The number of halogens is 1. The largest absolute Gasteiger partial charge is 0.382 e. The van der Waals surface area contributed by atoms with Gasteiger partial charge < -0.3 is 15.4 Å². The van der Waals surface area contributed by atoms with E-state index in [4.69, 9.17) is 5.73 Å². The van der Waals surface area contributed by atoms with E-state index >= 15 is 0 Å². The monoisotopic (exact) mass is 351 g/mol. The molecule has 7 heteroatoms. The van der Waals surface area contributed by atoms with Crippen LogP contribution in [0, 0.1) is 17.7 Å². The number of aromatic nitrogens is 4. The summed E-state index contributed by atoms with van der Waals surface area (Å²) in [5.74, 6) is 6.14. The van der Waals surface area contributed by atoms with E-state index in [2.05, 4.69) is 26.8 Å². The third-order valence-electron chi connectivity index (χ3n) is 4.70. The molecule has 132 valence electrons. The van der Waals surface area contributed by atoms with Gasteiger partial charge in [0.25, 0.3) is 0 Å². The Labute approximate surface area is 149 Å². The van der Waals surface area contributed by atoms with E-state index in [0.717, 1.165) is 12.8 Å². The summed E-state index contributed by atoms with van der Waals surface area (Å²) in [6, 6.07) is 6.39. The average Bonchev–Trinajstić information content (AvgIpc) is 3.19. The Bertz CT molecular complexity index is 1060. The normalized spacial score (nSPS) is 15.8. The number of aliphatic hydroxyl groups is 1.